The first-order valence-corrected chi connectivity index (χ1v) is 11.3. The Kier molecular flexibility index (Phi) is 7.23. The summed E-state index contributed by atoms with van der Waals surface area (Å²) in [5, 5.41) is 23.4. The highest BCUT2D eigenvalue weighted by Gasteiger charge is 2.36. The van der Waals surface area contributed by atoms with Gasteiger partial charge in [0.25, 0.3) is 0 Å². The third-order valence-corrected chi connectivity index (χ3v) is 5.98. The van der Waals surface area contributed by atoms with E-state index in [1.165, 1.54) is 42.5 Å². The Bertz CT molecular complexity index is 1470. The SMILES string of the molecule is CC(CC(=O)c1cc(C(F)(F)F)nn1-c1cccc(C#N)c1)c1cc(C(O)c2ccccc2)ccc1F. The van der Waals surface area contributed by atoms with Crippen molar-refractivity contribution in [3.8, 4) is 11.8 Å². The van der Waals surface area contributed by atoms with Crippen LogP contribution in [-0.2, 0) is 6.18 Å². The van der Waals surface area contributed by atoms with Gasteiger partial charge in [-0.25, -0.2) is 9.07 Å². The molecule has 0 radical (unpaired) electrons. The van der Waals surface area contributed by atoms with Crippen molar-refractivity contribution in [2.45, 2.75) is 31.5 Å². The molecule has 9 heteroatoms. The van der Waals surface area contributed by atoms with Crippen molar-refractivity contribution < 1.29 is 27.5 Å². The van der Waals surface area contributed by atoms with Gasteiger partial charge in [-0.05, 0) is 52.9 Å². The zero-order valence-electron chi connectivity index (χ0n) is 19.6. The molecule has 3 aromatic carbocycles. The van der Waals surface area contributed by atoms with Gasteiger partial charge in [-0.1, -0.05) is 49.4 Å². The second-order valence-corrected chi connectivity index (χ2v) is 8.61. The second kappa shape index (κ2) is 10.4. The molecule has 0 aliphatic rings. The van der Waals surface area contributed by atoms with E-state index in [2.05, 4.69) is 5.10 Å². The lowest BCUT2D eigenvalue weighted by Crippen LogP contribution is -2.13. The molecule has 0 aliphatic carbocycles. The summed E-state index contributed by atoms with van der Waals surface area (Å²) < 4.78 is 55.9. The number of alkyl halides is 3. The molecule has 2 atom stereocenters. The maximum atomic E-state index is 14.7. The second-order valence-electron chi connectivity index (χ2n) is 8.61. The quantitative estimate of drug-likeness (QED) is 0.233. The minimum Gasteiger partial charge on any atom is -0.384 e. The predicted molar refractivity (Wildman–Crippen MR) is 128 cm³/mol. The van der Waals surface area contributed by atoms with Gasteiger partial charge in [0.05, 0.1) is 17.3 Å². The molecular formula is C28H21F4N3O2. The molecule has 0 bridgehead atoms. The highest BCUT2D eigenvalue weighted by atomic mass is 19.4. The molecule has 0 saturated carbocycles. The van der Waals surface area contributed by atoms with Crippen LogP contribution in [0.5, 0.6) is 0 Å². The molecule has 1 aromatic heterocycles. The fourth-order valence-corrected chi connectivity index (χ4v) is 4.05. The van der Waals surface area contributed by atoms with Crippen molar-refractivity contribution in [3.05, 3.63) is 118 Å². The standard InChI is InChI=1S/C28H21F4N3O2/c1-17(22-14-20(10-11-23(22)29)27(37)19-7-3-2-4-8-19)12-25(36)24-15-26(28(30,31)32)34-35(24)21-9-5-6-18(13-21)16-33/h2-11,13-15,17,27,37H,12H2,1H3. The Balaban J connectivity index is 1.66. The molecule has 0 fully saturated rings. The maximum Gasteiger partial charge on any atom is 0.435 e. The van der Waals surface area contributed by atoms with Gasteiger partial charge in [0.2, 0.25) is 0 Å². The van der Waals surface area contributed by atoms with E-state index < -0.39 is 35.5 Å². The molecule has 0 aliphatic heterocycles. The number of aliphatic hydroxyl groups excluding tert-OH is 1. The summed E-state index contributed by atoms with van der Waals surface area (Å²) in [6.07, 6.45) is -6.14. The Hall–Kier alpha value is -4.29. The zero-order valence-corrected chi connectivity index (χ0v) is 19.6. The number of hydrogen-bond donors (Lipinski definition) is 1. The number of aliphatic hydroxyl groups is 1. The first-order valence-electron chi connectivity index (χ1n) is 11.3. The number of hydrogen-bond acceptors (Lipinski definition) is 4. The summed E-state index contributed by atoms with van der Waals surface area (Å²) >= 11 is 0. The van der Waals surface area contributed by atoms with Crippen LogP contribution in [0.2, 0.25) is 0 Å². The molecule has 188 valence electrons. The largest absolute Gasteiger partial charge is 0.435 e. The summed E-state index contributed by atoms with van der Waals surface area (Å²) in [5.41, 5.74) is -0.130. The first-order chi connectivity index (χ1) is 17.6. The van der Waals surface area contributed by atoms with E-state index >= 15 is 0 Å². The van der Waals surface area contributed by atoms with E-state index in [4.69, 9.17) is 5.26 Å². The average Bonchev–Trinajstić information content (AvgIpc) is 3.36. The number of Topliss-reactive ketones (excluding diaryl/α,β-unsaturated/α-hetero) is 1. The fourth-order valence-electron chi connectivity index (χ4n) is 4.05. The van der Waals surface area contributed by atoms with Crippen LogP contribution in [-0.4, -0.2) is 20.7 Å². The van der Waals surface area contributed by atoms with Gasteiger partial charge < -0.3 is 5.11 Å². The molecule has 0 saturated heterocycles. The lowest BCUT2D eigenvalue weighted by molar-refractivity contribution is -0.141. The minimum absolute atomic E-state index is 0.115. The number of ketones is 1. The highest BCUT2D eigenvalue weighted by molar-refractivity contribution is 5.95. The number of carbonyl (C=O) groups excluding carboxylic acids is 1. The van der Waals surface area contributed by atoms with Crippen LogP contribution in [0.4, 0.5) is 17.6 Å². The Morgan fingerprint density at radius 1 is 1.03 bits per heavy atom. The Labute approximate surface area is 210 Å². The lowest BCUT2D eigenvalue weighted by atomic mass is 9.91. The molecule has 1 heterocycles. The summed E-state index contributed by atoms with van der Waals surface area (Å²) in [7, 11) is 0. The van der Waals surface area contributed by atoms with Crippen LogP contribution in [0.3, 0.4) is 0 Å². The number of rotatable bonds is 7. The van der Waals surface area contributed by atoms with Crippen LogP contribution < -0.4 is 0 Å². The van der Waals surface area contributed by atoms with Crippen molar-refractivity contribution in [2.24, 2.45) is 0 Å². The fraction of sp³-hybridized carbons (Fsp3) is 0.179. The van der Waals surface area contributed by atoms with Gasteiger partial charge in [0.15, 0.2) is 11.5 Å². The van der Waals surface area contributed by atoms with Crippen molar-refractivity contribution in [2.75, 3.05) is 0 Å². The number of aromatic nitrogens is 2. The van der Waals surface area contributed by atoms with Gasteiger partial charge in [0, 0.05) is 12.5 Å². The first kappa shape index (κ1) is 25.8. The van der Waals surface area contributed by atoms with Crippen LogP contribution in [0, 0.1) is 17.1 Å². The average molecular weight is 507 g/mol. The van der Waals surface area contributed by atoms with E-state index in [-0.39, 0.29) is 28.9 Å². The van der Waals surface area contributed by atoms with Crippen molar-refractivity contribution >= 4 is 5.78 Å². The van der Waals surface area contributed by atoms with Gasteiger partial charge in [-0.3, -0.25) is 4.79 Å². The van der Waals surface area contributed by atoms with E-state index in [1.807, 2.05) is 6.07 Å². The maximum absolute atomic E-state index is 14.7. The number of benzene rings is 3. The molecule has 5 nitrogen and oxygen atoms in total. The minimum atomic E-state index is -4.80. The summed E-state index contributed by atoms with van der Waals surface area (Å²) in [6.45, 7) is 1.58. The van der Waals surface area contributed by atoms with E-state index in [0.29, 0.717) is 17.2 Å². The number of halogens is 4. The van der Waals surface area contributed by atoms with Crippen LogP contribution in [0.15, 0.2) is 78.9 Å². The van der Waals surface area contributed by atoms with Crippen LogP contribution in [0.25, 0.3) is 5.69 Å². The smallest absolute Gasteiger partial charge is 0.384 e. The van der Waals surface area contributed by atoms with Gasteiger partial charge in [0.1, 0.15) is 17.6 Å². The van der Waals surface area contributed by atoms with Crippen molar-refractivity contribution in [1.82, 2.24) is 9.78 Å². The number of nitrogens with zero attached hydrogens (tertiary/aromatic N) is 3. The molecule has 1 N–H and O–H groups in total. The summed E-state index contributed by atoms with van der Waals surface area (Å²) in [4.78, 5) is 13.2. The van der Waals surface area contributed by atoms with Gasteiger partial charge in [-0.15, -0.1) is 0 Å². The number of carbonyl (C=O) groups is 1. The molecule has 0 amide bonds. The lowest BCUT2D eigenvalue weighted by Gasteiger charge is -2.17. The van der Waals surface area contributed by atoms with E-state index in [0.717, 1.165) is 4.68 Å². The normalized spacial score (nSPS) is 13.1. The molecule has 37 heavy (non-hydrogen) atoms. The van der Waals surface area contributed by atoms with Gasteiger partial charge >= 0.3 is 6.18 Å². The van der Waals surface area contributed by atoms with Crippen LogP contribution in [0.1, 0.15) is 63.8 Å². The molecule has 4 aromatic rings. The Morgan fingerprint density at radius 2 is 1.76 bits per heavy atom. The number of nitriles is 1. The molecule has 4 rings (SSSR count). The monoisotopic (exact) mass is 507 g/mol. The molecule has 2 unspecified atom stereocenters. The summed E-state index contributed by atoms with van der Waals surface area (Å²) in [5.74, 6) is -2.01. The van der Waals surface area contributed by atoms with Crippen LogP contribution >= 0.6 is 0 Å². The highest BCUT2D eigenvalue weighted by Crippen LogP contribution is 2.32. The van der Waals surface area contributed by atoms with E-state index in [1.54, 1.807) is 37.3 Å². The summed E-state index contributed by atoms with van der Waals surface area (Å²) in [6, 6.07) is 21.1. The third-order valence-electron chi connectivity index (χ3n) is 5.98. The Morgan fingerprint density at radius 3 is 2.43 bits per heavy atom. The predicted octanol–water partition coefficient (Wildman–Crippen LogP) is 6.36. The zero-order chi connectivity index (χ0) is 26.7. The van der Waals surface area contributed by atoms with Gasteiger partial charge in [-0.2, -0.15) is 23.5 Å². The molecular weight excluding hydrogens is 486 g/mol. The van der Waals surface area contributed by atoms with E-state index in [9.17, 15) is 27.5 Å². The van der Waals surface area contributed by atoms with Crippen molar-refractivity contribution in [3.63, 3.8) is 0 Å². The topological polar surface area (TPSA) is 78.9 Å². The third kappa shape index (κ3) is 5.60. The molecule has 0 spiro atoms. The van der Waals surface area contributed by atoms with Crippen molar-refractivity contribution in [1.29, 1.82) is 5.26 Å².